The topological polar surface area (TPSA) is 62.3 Å². The minimum absolute atomic E-state index is 0.0750. The van der Waals surface area contributed by atoms with E-state index in [2.05, 4.69) is 10.3 Å². The molecule has 2 rings (SSSR count). The van der Waals surface area contributed by atoms with Gasteiger partial charge in [-0.15, -0.1) is 11.3 Å². The third kappa shape index (κ3) is 4.81. The standard InChI is InChI=1S/C15H23N3O2S/c1-4-5-14(20)18(8-12-6-7-12)9-13(19)17-15-16-10(2)11(3)21-15/h12H,4-9H2,1-3H3,(H,16,17,19). The van der Waals surface area contributed by atoms with Gasteiger partial charge in [0.05, 0.1) is 12.2 Å². The van der Waals surface area contributed by atoms with Crippen LogP contribution in [0.25, 0.3) is 0 Å². The zero-order valence-electron chi connectivity index (χ0n) is 12.9. The lowest BCUT2D eigenvalue weighted by Crippen LogP contribution is -2.39. The lowest BCUT2D eigenvalue weighted by Gasteiger charge is -2.21. The molecule has 116 valence electrons. The SMILES string of the molecule is CCCC(=O)N(CC(=O)Nc1nc(C)c(C)s1)CC1CC1. The van der Waals surface area contributed by atoms with Crippen molar-refractivity contribution in [1.82, 2.24) is 9.88 Å². The number of thiazole rings is 1. The first-order chi connectivity index (χ1) is 9.99. The van der Waals surface area contributed by atoms with Gasteiger partial charge in [-0.1, -0.05) is 6.92 Å². The summed E-state index contributed by atoms with van der Waals surface area (Å²) in [6.45, 7) is 6.72. The fraction of sp³-hybridized carbons (Fsp3) is 0.667. The number of anilines is 1. The number of carbonyl (C=O) groups is 2. The maximum absolute atomic E-state index is 12.1. The summed E-state index contributed by atoms with van der Waals surface area (Å²) in [5, 5.41) is 3.41. The lowest BCUT2D eigenvalue weighted by molar-refractivity contribution is -0.135. The lowest BCUT2D eigenvalue weighted by atomic mass is 10.2. The molecule has 0 atom stereocenters. The predicted molar refractivity (Wildman–Crippen MR) is 84.4 cm³/mol. The summed E-state index contributed by atoms with van der Waals surface area (Å²) in [6.07, 6.45) is 3.66. The van der Waals surface area contributed by atoms with E-state index in [0.29, 0.717) is 24.0 Å². The van der Waals surface area contributed by atoms with Crippen LogP contribution in [-0.2, 0) is 9.59 Å². The third-order valence-electron chi connectivity index (χ3n) is 3.60. The minimum atomic E-state index is -0.158. The molecule has 0 saturated heterocycles. The summed E-state index contributed by atoms with van der Waals surface area (Å²) in [5.74, 6) is 0.503. The van der Waals surface area contributed by atoms with Gasteiger partial charge >= 0.3 is 0 Å². The van der Waals surface area contributed by atoms with Gasteiger partial charge in [-0.05, 0) is 39.0 Å². The number of amides is 2. The van der Waals surface area contributed by atoms with Crippen LogP contribution in [0.3, 0.4) is 0 Å². The number of aromatic nitrogens is 1. The van der Waals surface area contributed by atoms with Gasteiger partial charge in [-0.2, -0.15) is 0 Å². The smallest absolute Gasteiger partial charge is 0.245 e. The van der Waals surface area contributed by atoms with Crippen LogP contribution in [0.2, 0.25) is 0 Å². The molecule has 1 saturated carbocycles. The van der Waals surface area contributed by atoms with Gasteiger partial charge in [-0.3, -0.25) is 9.59 Å². The van der Waals surface area contributed by atoms with Gasteiger partial charge in [0, 0.05) is 17.8 Å². The summed E-state index contributed by atoms with van der Waals surface area (Å²) >= 11 is 1.47. The molecule has 1 aliphatic carbocycles. The van der Waals surface area contributed by atoms with Crippen LogP contribution >= 0.6 is 11.3 Å². The molecule has 0 unspecified atom stereocenters. The molecule has 0 aliphatic heterocycles. The molecule has 0 aromatic carbocycles. The second-order valence-corrected chi connectivity index (χ2v) is 6.88. The van der Waals surface area contributed by atoms with Crippen molar-refractivity contribution in [3.63, 3.8) is 0 Å². The van der Waals surface area contributed by atoms with Gasteiger partial charge in [0.2, 0.25) is 11.8 Å². The van der Waals surface area contributed by atoms with Crippen LogP contribution in [0.1, 0.15) is 43.2 Å². The quantitative estimate of drug-likeness (QED) is 0.842. The number of nitrogens with one attached hydrogen (secondary N) is 1. The van der Waals surface area contributed by atoms with Gasteiger partial charge < -0.3 is 10.2 Å². The fourth-order valence-corrected chi connectivity index (χ4v) is 2.93. The molecule has 1 aromatic rings. The third-order valence-corrected chi connectivity index (χ3v) is 4.59. The van der Waals surface area contributed by atoms with E-state index < -0.39 is 0 Å². The summed E-state index contributed by atoms with van der Waals surface area (Å²) in [5.41, 5.74) is 0.937. The number of carbonyl (C=O) groups excluding carboxylic acids is 2. The van der Waals surface area contributed by atoms with E-state index in [1.165, 1.54) is 24.2 Å². The number of hydrogen-bond acceptors (Lipinski definition) is 4. The van der Waals surface area contributed by atoms with Crippen molar-refractivity contribution in [1.29, 1.82) is 0 Å². The largest absolute Gasteiger partial charge is 0.333 e. The van der Waals surface area contributed by atoms with Crippen LogP contribution in [0, 0.1) is 19.8 Å². The van der Waals surface area contributed by atoms with Gasteiger partial charge in [0.15, 0.2) is 5.13 Å². The molecule has 1 fully saturated rings. The molecule has 0 radical (unpaired) electrons. The van der Waals surface area contributed by atoms with E-state index in [1.54, 1.807) is 4.90 Å². The summed E-state index contributed by atoms with van der Waals surface area (Å²) in [7, 11) is 0. The highest BCUT2D eigenvalue weighted by atomic mass is 32.1. The number of nitrogens with zero attached hydrogens (tertiary/aromatic N) is 2. The van der Waals surface area contributed by atoms with Crippen molar-refractivity contribution in [3.8, 4) is 0 Å². The Morgan fingerprint density at radius 1 is 1.38 bits per heavy atom. The van der Waals surface area contributed by atoms with Crippen LogP contribution < -0.4 is 5.32 Å². The Bertz CT molecular complexity index is 503. The Morgan fingerprint density at radius 2 is 2.10 bits per heavy atom. The van der Waals surface area contributed by atoms with Crippen molar-refractivity contribution in [2.45, 2.75) is 46.5 Å². The molecular weight excluding hydrogens is 286 g/mol. The Morgan fingerprint density at radius 3 is 2.62 bits per heavy atom. The number of hydrogen-bond donors (Lipinski definition) is 1. The maximum Gasteiger partial charge on any atom is 0.245 e. The minimum Gasteiger partial charge on any atom is -0.333 e. The highest BCUT2D eigenvalue weighted by molar-refractivity contribution is 7.15. The summed E-state index contributed by atoms with van der Waals surface area (Å²) in [6, 6.07) is 0. The van der Waals surface area contributed by atoms with E-state index in [-0.39, 0.29) is 18.4 Å². The van der Waals surface area contributed by atoms with Crippen LogP contribution in [-0.4, -0.2) is 34.8 Å². The second-order valence-electron chi connectivity index (χ2n) is 5.68. The van der Waals surface area contributed by atoms with E-state index in [1.807, 2.05) is 20.8 Å². The van der Waals surface area contributed by atoms with Crippen molar-refractivity contribution in [2.24, 2.45) is 5.92 Å². The molecule has 1 heterocycles. The number of rotatable bonds is 7. The van der Waals surface area contributed by atoms with Gasteiger partial charge in [0.25, 0.3) is 0 Å². The molecular formula is C15H23N3O2S. The van der Waals surface area contributed by atoms with Crippen molar-refractivity contribution in [3.05, 3.63) is 10.6 Å². The van der Waals surface area contributed by atoms with E-state index in [9.17, 15) is 9.59 Å². The molecule has 1 aliphatic rings. The van der Waals surface area contributed by atoms with Crippen molar-refractivity contribution in [2.75, 3.05) is 18.4 Å². The zero-order valence-corrected chi connectivity index (χ0v) is 13.8. The predicted octanol–water partition coefficient (Wildman–Crippen LogP) is 2.74. The Kier molecular flexibility index (Phi) is 5.33. The van der Waals surface area contributed by atoms with Gasteiger partial charge in [0.1, 0.15) is 0 Å². The van der Waals surface area contributed by atoms with Crippen LogP contribution in [0.15, 0.2) is 0 Å². The van der Waals surface area contributed by atoms with Crippen molar-refractivity contribution < 1.29 is 9.59 Å². The first-order valence-corrected chi connectivity index (χ1v) is 8.33. The molecule has 1 N–H and O–H groups in total. The Labute approximate surface area is 129 Å². The molecule has 0 bridgehead atoms. The molecule has 2 amide bonds. The number of aryl methyl sites for hydroxylation is 2. The first-order valence-electron chi connectivity index (χ1n) is 7.51. The first kappa shape index (κ1) is 15.9. The molecule has 21 heavy (non-hydrogen) atoms. The molecule has 1 aromatic heterocycles. The monoisotopic (exact) mass is 309 g/mol. The van der Waals surface area contributed by atoms with E-state index in [4.69, 9.17) is 0 Å². The second kappa shape index (κ2) is 7.02. The van der Waals surface area contributed by atoms with Gasteiger partial charge in [-0.25, -0.2) is 4.98 Å². The normalized spacial score (nSPS) is 14.0. The highest BCUT2D eigenvalue weighted by Gasteiger charge is 2.27. The molecule has 5 nitrogen and oxygen atoms in total. The summed E-state index contributed by atoms with van der Waals surface area (Å²) in [4.78, 5) is 31.3. The van der Waals surface area contributed by atoms with Crippen molar-refractivity contribution >= 4 is 28.3 Å². The van der Waals surface area contributed by atoms with Crippen LogP contribution in [0.5, 0.6) is 0 Å². The molecule has 6 heteroatoms. The highest BCUT2D eigenvalue weighted by Crippen LogP contribution is 2.30. The summed E-state index contributed by atoms with van der Waals surface area (Å²) < 4.78 is 0. The average Bonchev–Trinajstić information content (AvgIpc) is 3.16. The van der Waals surface area contributed by atoms with Crippen LogP contribution in [0.4, 0.5) is 5.13 Å². The Balaban J connectivity index is 1.91. The fourth-order valence-electron chi connectivity index (χ4n) is 2.10. The zero-order chi connectivity index (χ0) is 15.4. The Hall–Kier alpha value is -1.43. The van der Waals surface area contributed by atoms with E-state index >= 15 is 0 Å². The van der Waals surface area contributed by atoms with E-state index in [0.717, 1.165) is 17.0 Å². The maximum atomic E-state index is 12.1. The average molecular weight is 309 g/mol. The molecule has 0 spiro atoms.